The van der Waals surface area contributed by atoms with Crippen LogP contribution in [0.5, 0.6) is 0 Å². The lowest BCUT2D eigenvalue weighted by Gasteiger charge is -2.19. The average Bonchev–Trinajstić information content (AvgIpc) is 2.66. The summed E-state index contributed by atoms with van der Waals surface area (Å²) in [5.41, 5.74) is 0.566. The number of hydrogen-bond acceptors (Lipinski definition) is 4. The molecule has 2 rings (SSSR count). The van der Waals surface area contributed by atoms with E-state index < -0.39 is 0 Å². The zero-order valence-electron chi connectivity index (χ0n) is 8.22. The van der Waals surface area contributed by atoms with Crippen molar-refractivity contribution in [2.75, 3.05) is 12.3 Å². The first-order chi connectivity index (χ1) is 7.27. The van der Waals surface area contributed by atoms with Crippen molar-refractivity contribution >= 4 is 17.7 Å². The first-order valence-corrected chi connectivity index (χ1v) is 5.81. The van der Waals surface area contributed by atoms with Gasteiger partial charge in [0.25, 0.3) is 5.91 Å². The highest BCUT2D eigenvalue weighted by molar-refractivity contribution is 8.00. The molecule has 1 aromatic carbocycles. The number of carbonyl (C=O) groups excluding carboxylic acids is 1. The molecule has 0 bridgehead atoms. The SMILES string of the molecule is NN1CCSC1NC(=O)c1ccccc1. The lowest BCUT2D eigenvalue weighted by molar-refractivity contribution is 0.0916. The zero-order valence-corrected chi connectivity index (χ0v) is 9.04. The van der Waals surface area contributed by atoms with Gasteiger partial charge in [0.05, 0.1) is 0 Å². The average molecular weight is 223 g/mol. The monoisotopic (exact) mass is 223 g/mol. The Bertz CT molecular complexity index is 344. The molecule has 1 saturated heterocycles. The summed E-state index contributed by atoms with van der Waals surface area (Å²) in [6.45, 7) is 0.810. The summed E-state index contributed by atoms with van der Waals surface area (Å²) in [6.07, 6.45) is 0. The minimum Gasteiger partial charge on any atom is -0.327 e. The summed E-state index contributed by atoms with van der Waals surface area (Å²) in [5, 5.41) is 4.51. The van der Waals surface area contributed by atoms with Crippen LogP contribution in [0.1, 0.15) is 10.4 Å². The number of hydrogen-bond donors (Lipinski definition) is 2. The Morgan fingerprint density at radius 3 is 2.80 bits per heavy atom. The van der Waals surface area contributed by atoms with Crippen molar-refractivity contribution in [3.05, 3.63) is 35.9 Å². The molecule has 1 fully saturated rings. The standard InChI is InChI=1S/C10H13N3OS/c11-13-6-7-15-10(13)12-9(14)8-4-2-1-3-5-8/h1-5,10H,6-7,11H2,(H,12,14). The van der Waals surface area contributed by atoms with E-state index in [0.29, 0.717) is 5.56 Å². The van der Waals surface area contributed by atoms with Crippen molar-refractivity contribution in [1.82, 2.24) is 10.3 Å². The van der Waals surface area contributed by atoms with Gasteiger partial charge in [0.1, 0.15) is 5.50 Å². The number of rotatable bonds is 2. The number of hydrazine groups is 1. The highest BCUT2D eigenvalue weighted by Crippen LogP contribution is 2.18. The van der Waals surface area contributed by atoms with E-state index in [4.69, 9.17) is 5.84 Å². The maximum atomic E-state index is 11.7. The van der Waals surface area contributed by atoms with Gasteiger partial charge < -0.3 is 5.32 Å². The lowest BCUT2D eigenvalue weighted by atomic mass is 10.2. The molecule has 0 radical (unpaired) electrons. The molecule has 1 heterocycles. The van der Waals surface area contributed by atoms with E-state index in [9.17, 15) is 4.79 Å². The van der Waals surface area contributed by atoms with Crippen molar-refractivity contribution in [1.29, 1.82) is 0 Å². The van der Waals surface area contributed by atoms with Crippen molar-refractivity contribution < 1.29 is 4.79 Å². The lowest BCUT2D eigenvalue weighted by Crippen LogP contribution is -2.46. The van der Waals surface area contributed by atoms with Crippen LogP contribution in [0.4, 0.5) is 0 Å². The molecule has 1 aromatic rings. The maximum Gasteiger partial charge on any atom is 0.253 e. The molecule has 5 heteroatoms. The number of amides is 1. The first-order valence-electron chi connectivity index (χ1n) is 4.76. The molecule has 1 aliphatic rings. The van der Waals surface area contributed by atoms with E-state index in [2.05, 4.69) is 5.32 Å². The summed E-state index contributed by atoms with van der Waals surface area (Å²) < 4.78 is 0. The van der Waals surface area contributed by atoms with Crippen LogP contribution in [0.3, 0.4) is 0 Å². The highest BCUT2D eigenvalue weighted by atomic mass is 32.2. The fourth-order valence-corrected chi connectivity index (χ4v) is 2.42. The van der Waals surface area contributed by atoms with E-state index >= 15 is 0 Å². The fraction of sp³-hybridized carbons (Fsp3) is 0.300. The molecular weight excluding hydrogens is 210 g/mol. The summed E-state index contributed by atoms with van der Waals surface area (Å²) in [6, 6.07) is 9.15. The number of nitrogens with two attached hydrogens (primary N) is 1. The second-order valence-electron chi connectivity index (χ2n) is 3.30. The van der Waals surface area contributed by atoms with Gasteiger partial charge in [-0.1, -0.05) is 18.2 Å². The van der Waals surface area contributed by atoms with Crippen molar-refractivity contribution in [2.24, 2.45) is 5.84 Å². The minimum atomic E-state index is -0.0993. The number of benzene rings is 1. The molecule has 1 aliphatic heterocycles. The Balaban J connectivity index is 1.98. The van der Waals surface area contributed by atoms with Crippen LogP contribution in [0, 0.1) is 0 Å². The van der Waals surface area contributed by atoms with E-state index in [1.54, 1.807) is 28.9 Å². The fourth-order valence-electron chi connectivity index (χ4n) is 1.39. The molecule has 1 unspecified atom stereocenters. The van der Waals surface area contributed by atoms with Gasteiger partial charge in [-0.2, -0.15) is 0 Å². The van der Waals surface area contributed by atoms with Crippen molar-refractivity contribution in [3.8, 4) is 0 Å². The Labute approximate surface area is 92.8 Å². The van der Waals surface area contributed by atoms with Gasteiger partial charge in [-0.05, 0) is 12.1 Å². The topological polar surface area (TPSA) is 58.4 Å². The Morgan fingerprint density at radius 1 is 1.47 bits per heavy atom. The first kappa shape index (κ1) is 10.5. The van der Waals surface area contributed by atoms with Gasteiger partial charge in [-0.15, -0.1) is 11.8 Å². The van der Waals surface area contributed by atoms with Gasteiger partial charge >= 0.3 is 0 Å². The van der Waals surface area contributed by atoms with E-state index in [1.807, 2.05) is 18.2 Å². The van der Waals surface area contributed by atoms with Gasteiger partial charge in [-0.3, -0.25) is 10.6 Å². The van der Waals surface area contributed by atoms with E-state index in [1.165, 1.54) is 0 Å². The smallest absolute Gasteiger partial charge is 0.253 e. The minimum absolute atomic E-state index is 0.0783. The van der Waals surface area contributed by atoms with Crippen LogP contribution in [0.25, 0.3) is 0 Å². The third-order valence-corrected chi connectivity index (χ3v) is 3.34. The maximum absolute atomic E-state index is 11.7. The largest absolute Gasteiger partial charge is 0.327 e. The van der Waals surface area contributed by atoms with E-state index in [-0.39, 0.29) is 11.4 Å². The Morgan fingerprint density at radius 2 is 2.20 bits per heavy atom. The zero-order chi connectivity index (χ0) is 10.7. The quantitative estimate of drug-likeness (QED) is 0.722. The van der Waals surface area contributed by atoms with Crippen LogP contribution in [0.15, 0.2) is 30.3 Å². The molecule has 80 valence electrons. The molecule has 0 spiro atoms. The van der Waals surface area contributed by atoms with Crippen LogP contribution in [-0.2, 0) is 0 Å². The normalized spacial score (nSPS) is 21.5. The van der Waals surface area contributed by atoms with Gasteiger partial charge in [0.15, 0.2) is 0 Å². The Kier molecular flexibility index (Phi) is 3.25. The molecule has 3 N–H and O–H groups in total. The molecule has 0 saturated carbocycles. The number of thioether (sulfide) groups is 1. The molecular formula is C10H13N3OS. The molecule has 0 aliphatic carbocycles. The number of nitrogens with zero attached hydrogens (tertiary/aromatic N) is 1. The van der Waals surface area contributed by atoms with Crippen LogP contribution >= 0.6 is 11.8 Å². The summed E-state index contributed by atoms with van der Waals surface area (Å²) >= 11 is 1.64. The highest BCUT2D eigenvalue weighted by Gasteiger charge is 2.23. The van der Waals surface area contributed by atoms with Crippen LogP contribution in [-0.4, -0.2) is 28.7 Å². The van der Waals surface area contributed by atoms with Gasteiger partial charge in [-0.25, -0.2) is 5.01 Å². The van der Waals surface area contributed by atoms with Crippen molar-refractivity contribution in [2.45, 2.75) is 5.50 Å². The predicted octanol–water partition coefficient (Wildman–Crippen LogP) is 0.622. The van der Waals surface area contributed by atoms with E-state index in [0.717, 1.165) is 12.3 Å². The molecule has 4 nitrogen and oxygen atoms in total. The third kappa shape index (κ3) is 2.50. The van der Waals surface area contributed by atoms with Crippen LogP contribution < -0.4 is 11.2 Å². The summed E-state index contributed by atoms with van der Waals surface area (Å²) in [7, 11) is 0. The third-order valence-electron chi connectivity index (χ3n) is 2.22. The summed E-state index contributed by atoms with van der Waals surface area (Å²) in [5.74, 6) is 6.58. The number of nitrogens with one attached hydrogen (secondary N) is 1. The van der Waals surface area contributed by atoms with Gasteiger partial charge in [0.2, 0.25) is 0 Å². The number of carbonyl (C=O) groups is 1. The van der Waals surface area contributed by atoms with Gasteiger partial charge in [0, 0.05) is 17.9 Å². The second kappa shape index (κ2) is 4.65. The van der Waals surface area contributed by atoms with Crippen LogP contribution in [0.2, 0.25) is 0 Å². The van der Waals surface area contributed by atoms with Crippen molar-refractivity contribution in [3.63, 3.8) is 0 Å². The molecule has 0 aromatic heterocycles. The Hall–Kier alpha value is -1.04. The molecule has 1 amide bonds. The predicted molar refractivity (Wildman–Crippen MR) is 61.0 cm³/mol. The summed E-state index contributed by atoms with van der Waals surface area (Å²) in [4.78, 5) is 11.7. The molecule has 15 heavy (non-hydrogen) atoms. The second-order valence-corrected chi connectivity index (χ2v) is 4.49. The molecule has 1 atom stereocenters.